The largest absolute Gasteiger partial charge is 0.347 e. The molecule has 106 valence electrons. The topological polar surface area (TPSA) is 59.8 Å². The molecule has 0 radical (unpaired) electrons. The number of amides is 1. The van der Waals surface area contributed by atoms with E-state index in [0.29, 0.717) is 12.1 Å². The van der Waals surface area contributed by atoms with Crippen LogP contribution >= 0.6 is 0 Å². The summed E-state index contributed by atoms with van der Waals surface area (Å²) in [6.45, 7) is 4.48. The highest BCUT2D eigenvalue weighted by Gasteiger charge is 2.18. The number of aromatic nitrogens is 3. The summed E-state index contributed by atoms with van der Waals surface area (Å²) in [6.07, 6.45) is 3.18. The van der Waals surface area contributed by atoms with Gasteiger partial charge in [0.2, 0.25) is 0 Å². The van der Waals surface area contributed by atoms with Crippen molar-refractivity contribution in [2.24, 2.45) is 5.92 Å². The van der Waals surface area contributed by atoms with Crippen molar-refractivity contribution < 1.29 is 9.18 Å². The van der Waals surface area contributed by atoms with Gasteiger partial charge < -0.3 is 5.32 Å². The summed E-state index contributed by atoms with van der Waals surface area (Å²) in [6, 6.07) is 5.51. The lowest BCUT2D eigenvalue weighted by atomic mass is 10.0. The smallest absolute Gasteiger partial charge is 0.251 e. The van der Waals surface area contributed by atoms with Gasteiger partial charge in [-0.05, 0) is 24.1 Å². The lowest BCUT2D eigenvalue weighted by molar-refractivity contribution is 0.0917. The Bertz CT molecular complexity index is 568. The molecular weight excluding hydrogens is 259 g/mol. The molecule has 1 heterocycles. The number of hydrogen-bond donors (Lipinski definition) is 1. The Hall–Kier alpha value is -2.24. The molecule has 1 atom stereocenters. The molecule has 1 unspecified atom stereocenters. The second-order valence-electron chi connectivity index (χ2n) is 4.92. The normalized spacial score (nSPS) is 12.4. The molecule has 0 saturated heterocycles. The van der Waals surface area contributed by atoms with E-state index >= 15 is 0 Å². The summed E-state index contributed by atoms with van der Waals surface area (Å²) >= 11 is 0. The maximum atomic E-state index is 13.1. The van der Waals surface area contributed by atoms with Gasteiger partial charge >= 0.3 is 0 Å². The molecule has 20 heavy (non-hydrogen) atoms. The number of halogens is 1. The second-order valence-corrected chi connectivity index (χ2v) is 4.92. The SMILES string of the molecule is CC(C)C(Cn1nccn1)NC(=O)c1cccc(F)c1. The molecule has 5 nitrogen and oxygen atoms in total. The maximum Gasteiger partial charge on any atom is 0.251 e. The minimum atomic E-state index is -0.424. The van der Waals surface area contributed by atoms with Crippen LogP contribution in [-0.2, 0) is 6.54 Å². The van der Waals surface area contributed by atoms with Crippen molar-refractivity contribution in [2.75, 3.05) is 0 Å². The molecule has 1 N–H and O–H groups in total. The van der Waals surface area contributed by atoms with Gasteiger partial charge in [-0.1, -0.05) is 19.9 Å². The van der Waals surface area contributed by atoms with Crippen LogP contribution in [0.4, 0.5) is 4.39 Å². The Morgan fingerprint density at radius 3 is 2.65 bits per heavy atom. The van der Waals surface area contributed by atoms with Crippen LogP contribution in [0, 0.1) is 11.7 Å². The van der Waals surface area contributed by atoms with Gasteiger partial charge in [0.25, 0.3) is 5.91 Å². The molecule has 0 fully saturated rings. The standard InChI is InChI=1S/C14H17FN4O/c1-10(2)13(9-19-16-6-7-17-19)18-14(20)11-4-3-5-12(15)8-11/h3-8,10,13H,9H2,1-2H3,(H,18,20). The van der Waals surface area contributed by atoms with Crippen molar-refractivity contribution in [3.05, 3.63) is 48.0 Å². The van der Waals surface area contributed by atoms with Gasteiger partial charge in [-0.3, -0.25) is 4.79 Å². The van der Waals surface area contributed by atoms with E-state index in [4.69, 9.17) is 0 Å². The van der Waals surface area contributed by atoms with Gasteiger partial charge in [-0.2, -0.15) is 15.0 Å². The third-order valence-corrected chi connectivity index (χ3v) is 3.03. The van der Waals surface area contributed by atoms with Crippen LogP contribution in [0.15, 0.2) is 36.7 Å². The van der Waals surface area contributed by atoms with Gasteiger partial charge in [-0.25, -0.2) is 4.39 Å². The van der Waals surface area contributed by atoms with Crippen molar-refractivity contribution in [3.63, 3.8) is 0 Å². The van der Waals surface area contributed by atoms with Gasteiger partial charge in [0, 0.05) is 5.56 Å². The van der Waals surface area contributed by atoms with Crippen LogP contribution in [0.5, 0.6) is 0 Å². The Labute approximate surface area is 116 Å². The minimum absolute atomic E-state index is 0.127. The van der Waals surface area contributed by atoms with Crippen LogP contribution in [0.25, 0.3) is 0 Å². The molecule has 0 aliphatic rings. The fourth-order valence-corrected chi connectivity index (χ4v) is 1.82. The average Bonchev–Trinajstić information content (AvgIpc) is 2.90. The van der Waals surface area contributed by atoms with Crippen LogP contribution in [-0.4, -0.2) is 26.9 Å². The molecule has 0 aliphatic heterocycles. The highest BCUT2D eigenvalue weighted by Crippen LogP contribution is 2.08. The van der Waals surface area contributed by atoms with E-state index < -0.39 is 5.82 Å². The van der Waals surface area contributed by atoms with Crippen molar-refractivity contribution in [3.8, 4) is 0 Å². The van der Waals surface area contributed by atoms with Crippen LogP contribution in [0.3, 0.4) is 0 Å². The van der Waals surface area contributed by atoms with Crippen LogP contribution < -0.4 is 5.32 Å². The van der Waals surface area contributed by atoms with Gasteiger partial charge in [0.05, 0.1) is 25.0 Å². The summed E-state index contributed by atoms with van der Waals surface area (Å²) in [5.74, 6) is -0.513. The highest BCUT2D eigenvalue weighted by atomic mass is 19.1. The van der Waals surface area contributed by atoms with Crippen LogP contribution in [0.2, 0.25) is 0 Å². The summed E-state index contributed by atoms with van der Waals surface area (Å²) in [5.41, 5.74) is 0.309. The molecule has 6 heteroatoms. The highest BCUT2D eigenvalue weighted by molar-refractivity contribution is 5.94. The first kappa shape index (κ1) is 14.2. The van der Waals surface area contributed by atoms with Crippen molar-refractivity contribution in [1.82, 2.24) is 20.3 Å². The average molecular weight is 276 g/mol. The summed E-state index contributed by atoms with van der Waals surface area (Å²) in [5, 5.41) is 10.9. The Kier molecular flexibility index (Phi) is 4.45. The Morgan fingerprint density at radius 2 is 2.05 bits per heavy atom. The molecule has 2 rings (SSSR count). The van der Waals surface area contributed by atoms with Gasteiger partial charge in [0.1, 0.15) is 5.82 Å². The van der Waals surface area contributed by atoms with E-state index in [2.05, 4.69) is 15.5 Å². The van der Waals surface area contributed by atoms with Gasteiger partial charge in [-0.15, -0.1) is 0 Å². The zero-order valence-electron chi connectivity index (χ0n) is 11.5. The number of nitrogens with one attached hydrogen (secondary N) is 1. The van der Waals surface area contributed by atoms with E-state index in [1.54, 1.807) is 18.5 Å². The van der Waals surface area contributed by atoms with E-state index in [-0.39, 0.29) is 17.9 Å². The third kappa shape index (κ3) is 3.63. The zero-order chi connectivity index (χ0) is 14.5. The molecule has 0 saturated carbocycles. The predicted octanol–water partition coefficient (Wildman–Crippen LogP) is 1.87. The quantitative estimate of drug-likeness (QED) is 0.907. The first-order chi connectivity index (χ1) is 9.56. The maximum absolute atomic E-state index is 13.1. The Morgan fingerprint density at radius 1 is 1.35 bits per heavy atom. The predicted molar refractivity (Wildman–Crippen MR) is 72.5 cm³/mol. The van der Waals surface area contributed by atoms with E-state index in [1.165, 1.54) is 23.0 Å². The lowest BCUT2D eigenvalue weighted by Gasteiger charge is -2.21. The monoisotopic (exact) mass is 276 g/mol. The summed E-state index contributed by atoms with van der Waals surface area (Å²) in [7, 11) is 0. The van der Waals surface area contributed by atoms with Crippen molar-refractivity contribution in [2.45, 2.75) is 26.4 Å². The number of nitrogens with zero attached hydrogens (tertiary/aromatic N) is 3. The summed E-state index contributed by atoms with van der Waals surface area (Å²) in [4.78, 5) is 13.6. The number of carbonyl (C=O) groups is 1. The molecule has 0 bridgehead atoms. The van der Waals surface area contributed by atoms with Gasteiger partial charge in [0.15, 0.2) is 0 Å². The van der Waals surface area contributed by atoms with Crippen LogP contribution in [0.1, 0.15) is 24.2 Å². The summed E-state index contributed by atoms with van der Waals surface area (Å²) < 4.78 is 13.1. The molecule has 1 aromatic carbocycles. The zero-order valence-corrected chi connectivity index (χ0v) is 11.5. The van der Waals surface area contributed by atoms with Crippen molar-refractivity contribution >= 4 is 5.91 Å². The number of rotatable bonds is 5. The molecule has 1 aromatic heterocycles. The second kappa shape index (κ2) is 6.27. The van der Waals surface area contributed by atoms with Crippen molar-refractivity contribution in [1.29, 1.82) is 0 Å². The fourth-order valence-electron chi connectivity index (χ4n) is 1.82. The van der Waals surface area contributed by atoms with E-state index in [0.717, 1.165) is 0 Å². The molecule has 1 amide bonds. The number of carbonyl (C=O) groups excluding carboxylic acids is 1. The first-order valence-corrected chi connectivity index (χ1v) is 6.47. The Balaban J connectivity index is 2.06. The molecule has 0 aliphatic carbocycles. The third-order valence-electron chi connectivity index (χ3n) is 3.03. The minimum Gasteiger partial charge on any atom is -0.347 e. The van der Waals surface area contributed by atoms with E-state index in [1.807, 2.05) is 13.8 Å². The number of hydrogen-bond acceptors (Lipinski definition) is 3. The molecular formula is C14H17FN4O. The fraction of sp³-hybridized carbons (Fsp3) is 0.357. The van der Waals surface area contributed by atoms with E-state index in [9.17, 15) is 9.18 Å². The molecule has 2 aromatic rings. The number of benzene rings is 1. The lowest BCUT2D eigenvalue weighted by Crippen LogP contribution is -2.42. The molecule has 0 spiro atoms. The first-order valence-electron chi connectivity index (χ1n) is 6.47.